The third-order valence-corrected chi connectivity index (χ3v) is 5.53. The number of hydrogen-bond acceptors (Lipinski definition) is 6. The van der Waals surface area contributed by atoms with Crippen molar-refractivity contribution in [3.05, 3.63) is 40.7 Å². The fourth-order valence-corrected chi connectivity index (χ4v) is 4.30. The van der Waals surface area contributed by atoms with Crippen molar-refractivity contribution in [1.29, 1.82) is 0 Å². The molecule has 0 atom stereocenters. The van der Waals surface area contributed by atoms with Gasteiger partial charge in [0.15, 0.2) is 27.8 Å². The average Bonchev–Trinajstić information content (AvgIpc) is 3.06. The first kappa shape index (κ1) is 18.4. The van der Waals surface area contributed by atoms with Crippen molar-refractivity contribution >= 4 is 27.5 Å². The van der Waals surface area contributed by atoms with Crippen LogP contribution >= 0.6 is 11.3 Å². The van der Waals surface area contributed by atoms with Crippen LogP contribution in [0.5, 0.6) is 23.0 Å². The number of ether oxygens (including phenoxy) is 4. The average molecular weight is 400 g/mol. The molecule has 1 aliphatic heterocycles. The summed E-state index contributed by atoms with van der Waals surface area (Å²) in [4.78, 5) is 17.9. The highest BCUT2D eigenvalue weighted by Crippen LogP contribution is 2.36. The second-order valence-electron chi connectivity index (χ2n) is 6.05. The van der Waals surface area contributed by atoms with Gasteiger partial charge in [-0.3, -0.25) is 4.79 Å². The molecule has 2 heterocycles. The SMILES string of the molecule is CCn1c(=NC(=O)c2cccc(OC)c2OC)sc2cc3c(cc21)OCCO3. The molecule has 4 rings (SSSR count). The number of carbonyl (C=O) groups excluding carboxylic acids is 1. The van der Waals surface area contributed by atoms with Crippen LogP contribution in [0.25, 0.3) is 10.2 Å². The first-order chi connectivity index (χ1) is 13.7. The minimum Gasteiger partial charge on any atom is -0.493 e. The first-order valence-corrected chi connectivity index (χ1v) is 9.71. The van der Waals surface area contributed by atoms with Crippen LogP contribution in [0.2, 0.25) is 0 Å². The Labute approximate surface area is 165 Å². The third kappa shape index (κ3) is 3.09. The van der Waals surface area contributed by atoms with E-state index in [4.69, 9.17) is 18.9 Å². The maximum Gasteiger partial charge on any atom is 0.283 e. The van der Waals surface area contributed by atoms with Gasteiger partial charge in [0.25, 0.3) is 5.91 Å². The van der Waals surface area contributed by atoms with Crippen LogP contribution in [0.15, 0.2) is 35.3 Å². The van der Waals surface area contributed by atoms with Gasteiger partial charge in [0.2, 0.25) is 0 Å². The Morgan fingerprint density at radius 2 is 1.93 bits per heavy atom. The largest absolute Gasteiger partial charge is 0.493 e. The van der Waals surface area contributed by atoms with Crippen molar-refractivity contribution in [1.82, 2.24) is 4.57 Å². The van der Waals surface area contributed by atoms with Gasteiger partial charge in [0, 0.05) is 18.7 Å². The summed E-state index contributed by atoms with van der Waals surface area (Å²) in [5, 5.41) is 0. The molecule has 1 aliphatic rings. The van der Waals surface area contributed by atoms with Crippen LogP contribution < -0.4 is 23.7 Å². The number of thiazole rings is 1. The summed E-state index contributed by atoms with van der Waals surface area (Å²) >= 11 is 1.44. The lowest BCUT2D eigenvalue weighted by atomic mass is 10.2. The van der Waals surface area contributed by atoms with E-state index < -0.39 is 0 Å². The van der Waals surface area contributed by atoms with Gasteiger partial charge in [-0.05, 0) is 19.1 Å². The Morgan fingerprint density at radius 3 is 2.61 bits per heavy atom. The molecular formula is C20H20N2O5S. The Kier molecular flexibility index (Phi) is 4.95. The normalized spacial score (nSPS) is 13.6. The van der Waals surface area contributed by atoms with E-state index in [-0.39, 0.29) is 5.91 Å². The maximum absolute atomic E-state index is 12.9. The number of aromatic nitrogens is 1. The summed E-state index contributed by atoms with van der Waals surface area (Å²) in [6.07, 6.45) is 0. The number of hydrogen-bond donors (Lipinski definition) is 0. The van der Waals surface area contributed by atoms with Crippen LogP contribution in [0, 0.1) is 0 Å². The zero-order valence-corrected chi connectivity index (χ0v) is 16.7. The van der Waals surface area contributed by atoms with E-state index >= 15 is 0 Å². The van der Waals surface area contributed by atoms with Gasteiger partial charge in [0.05, 0.1) is 30.0 Å². The van der Waals surface area contributed by atoms with Gasteiger partial charge in [-0.25, -0.2) is 0 Å². The van der Waals surface area contributed by atoms with Crippen molar-refractivity contribution < 1.29 is 23.7 Å². The zero-order valence-electron chi connectivity index (χ0n) is 15.9. The van der Waals surface area contributed by atoms with Crippen molar-refractivity contribution in [2.45, 2.75) is 13.5 Å². The van der Waals surface area contributed by atoms with Gasteiger partial charge in [-0.1, -0.05) is 17.4 Å². The predicted molar refractivity (Wildman–Crippen MR) is 106 cm³/mol. The number of benzene rings is 2. The molecule has 3 aromatic rings. The van der Waals surface area contributed by atoms with Gasteiger partial charge < -0.3 is 23.5 Å². The molecule has 0 N–H and O–H groups in total. The highest BCUT2D eigenvalue weighted by Gasteiger charge is 2.18. The van der Waals surface area contributed by atoms with Gasteiger partial charge in [-0.15, -0.1) is 0 Å². The molecule has 0 saturated carbocycles. The molecule has 28 heavy (non-hydrogen) atoms. The molecule has 8 heteroatoms. The number of carbonyl (C=O) groups is 1. The number of methoxy groups -OCH3 is 2. The Hall–Kier alpha value is -3.00. The second kappa shape index (κ2) is 7.55. The van der Waals surface area contributed by atoms with Crippen LogP contribution in [-0.4, -0.2) is 37.9 Å². The summed E-state index contributed by atoms with van der Waals surface area (Å²) in [6, 6.07) is 9.05. The van der Waals surface area contributed by atoms with Crippen LogP contribution in [0.3, 0.4) is 0 Å². The minimum atomic E-state index is -0.387. The Morgan fingerprint density at radius 1 is 1.18 bits per heavy atom. The van der Waals surface area contributed by atoms with Crippen molar-refractivity contribution in [2.24, 2.45) is 4.99 Å². The van der Waals surface area contributed by atoms with Crippen molar-refractivity contribution in [3.63, 3.8) is 0 Å². The quantitative estimate of drug-likeness (QED) is 0.672. The minimum absolute atomic E-state index is 0.355. The van der Waals surface area contributed by atoms with Crippen LogP contribution in [0.1, 0.15) is 17.3 Å². The molecule has 0 fully saturated rings. The first-order valence-electron chi connectivity index (χ1n) is 8.89. The topological polar surface area (TPSA) is 71.3 Å². The zero-order chi connectivity index (χ0) is 19.7. The van der Waals surface area contributed by atoms with Crippen molar-refractivity contribution in [3.8, 4) is 23.0 Å². The molecule has 0 spiro atoms. The van der Waals surface area contributed by atoms with E-state index in [1.54, 1.807) is 18.2 Å². The molecule has 0 unspecified atom stereocenters. The van der Waals surface area contributed by atoms with E-state index in [9.17, 15) is 4.79 Å². The smallest absolute Gasteiger partial charge is 0.283 e. The lowest BCUT2D eigenvalue weighted by Gasteiger charge is -2.18. The molecule has 1 aromatic heterocycles. The third-order valence-electron chi connectivity index (χ3n) is 4.49. The molecular weight excluding hydrogens is 380 g/mol. The number of amides is 1. The van der Waals surface area contributed by atoms with Gasteiger partial charge >= 0.3 is 0 Å². The number of rotatable bonds is 4. The lowest BCUT2D eigenvalue weighted by molar-refractivity contribution is 0.0994. The molecule has 2 aromatic carbocycles. The summed E-state index contributed by atoms with van der Waals surface area (Å²) in [7, 11) is 3.04. The van der Waals surface area contributed by atoms with E-state index in [2.05, 4.69) is 4.99 Å². The molecule has 1 amide bonds. The standard InChI is InChI=1S/C20H20N2O5S/c1-4-22-13-10-15-16(27-9-8-26-15)11-17(13)28-20(22)21-19(23)12-6-5-7-14(24-2)18(12)25-3/h5-7,10-11H,4,8-9H2,1-3H3. The summed E-state index contributed by atoms with van der Waals surface area (Å²) in [5.41, 5.74) is 1.31. The van der Waals surface area contributed by atoms with Gasteiger partial charge in [-0.2, -0.15) is 4.99 Å². The Bertz CT molecular complexity index is 1120. The predicted octanol–water partition coefficient (Wildman–Crippen LogP) is 3.25. The second-order valence-corrected chi connectivity index (χ2v) is 7.06. The summed E-state index contributed by atoms with van der Waals surface area (Å²) in [5.74, 6) is 1.91. The number of aryl methyl sites for hydroxylation is 1. The molecule has 0 bridgehead atoms. The number of para-hydroxylation sites is 1. The maximum atomic E-state index is 12.9. The molecule has 146 valence electrons. The highest BCUT2D eigenvalue weighted by molar-refractivity contribution is 7.16. The molecule has 7 nitrogen and oxygen atoms in total. The summed E-state index contributed by atoms with van der Waals surface area (Å²) < 4.78 is 25.0. The fraction of sp³-hybridized carbons (Fsp3) is 0.300. The lowest BCUT2D eigenvalue weighted by Crippen LogP contribution is -2.17. The van der Waals surface area contributed by atoms with Crippen LogP contribution in [0.4, 0.5) is 0 Å². The molecule has 0 aliphatic carbocycles. The van der Waals surface area contributed by atoms with Crippen LogP contribution in [-0.2, 0) is 6.54 Å². The van der Waals surface area contributed by atoms with E-state index in [0.717, 1.165) is 16.0 Å². The molecule has 0 saturated heterocycles. The van der Waals surface area contributed by atoms with E-state index in [1.807, 2.05) is 23.6 Å². The van der Waals surface area contributed by atoms with Gasteiger partial charge in [0.1, 0.15) is 13.2 Å². The number of nitrogens with zero attached hydrogens (tertiary/aromatic N) is 2. The molecule has 0 radical (unpaired) electrons. The van der Waals surface area contributed by atoms with Crippen molar-refractivity contribution in [2.75, 3.05) is 27.4 Å². The number of fused-ring (bicyclic) bond motifs is 2. The van der Waals surface area contributed by atoms with E-state index in [0.29, 0.717) is 47.4 Å². The Balaban J connectivity index is 1.84. The van der Waals surface area contributed by atoms with E-state index in [1.165, 1.54) is 25.6 Å². The summed E-state index contributed by atoms with van der Waals surface area (Å²) in [6.45, 7) is 3.74. The monoisotopic (exact) mass is 400 g/mol. The highest BCUT2D eigenvalue weighted by atomic mass is 32.1. The fourth-order valence-electron chi connectivity index (χ4n) is 3.20.